The summed E-state index contributed by atoms with van der Waals surface area (Å²) in [4.78, 5) is 10.8. The molecule has 0 aromatic heterocycles. The van der Waals surface area contributed by atoms with Crippen molar-refractivity contribution in [2.45, 2.75) is 51.4 Å². The molecule has 0 amide bonds. The van der Waals surface area contributed by atoms with Crippen molar-refractivity contribution in [3.63, 3.8) is 0 Å². The molecule has 1 aliphatic heterocycles. The van der Waals surface area contributed by atoms with Crippen LogP contribution in [0, 0.1) is 0 Å². The summed E-state index contributed by atoms with van der Waals surface area (Å²) in [5.74, 6) is -0.272. The van der Waals surface area contributed by atoms with Crippen LogP contribution >= 0.6 is 0 Å². The first-order valence-electron chi connectivity index (χ1n) is 10.5. The van der Waals surface area contributed by atoms with Crippen LogP contribution in [0.15, 0.2) is 72.8 Å². The third-order valence-corrected chi connectivity index (χ3v) is 10.5. The Morgan fingerprint density at radius 2 is 1.60 bits per heavy atom. The van der Waals surface area contributed by atoms with Gasteiger partial charge in [-0.25, -0.2) is 0 Å². The van der Waals surface area contributed by atoms with Crippen molar-refractivity contribution in [3.05, 3.63) is 72.8 Å². The van der Waals surface area contributed by atoms with Crippen LogP contribution in [0.25, 0.3) is 0 Å². The molecule has 2 atom stereocenters. The lowest BCUT2D eigenvalue weighted by Crippen LogP contribution is -2.66. The number of carbonyl (C=O) groups excluding carboxylic acids is 1. The van der Waals surface area contributed by atoms with Gasteiger partial charge in [0.15, 0.2) is 0 Å². The maximum absolute atomic E-state index is 10.8. The first kappa shape index (κ1) is 22.5. The minimum atomic E-state index is -2.49. The molecule has 1 aliphatic rings. The van der Waals surface area contributed by atoms with E-state index in [1.54, 1.807) is 0 Å². The maximum Gasteiger partial charge on any atom is 0.302 e. The Balaban J connectivity index is 1.71. The van der Waals surface area contributed by atoms with Crippen LogP contribution in [0.1, 0.15) is 34.1 Å². The lowest BCUT2D eigenvalue weighted by molar-refractivity contribution is -0.139. The maximum atomic E-state index is 10.8. The summed E-state index contributed by atoms with van der Waals surface area (Å²) >= 11 is 0. The molecule has 0 aliphatic carbocycles. The topological polar surface area (TPSA) is 48.1 Å². The molecule has 0 saturated carbocycles. The summed E-state index contributed by atoms with van der Waals surface area (Å²) in [5, 5.41) is 2.56. The van der Waals surface area contributed by atoms with Crippen LogP contribution in [-0.4, -0.2) is 39.7 Å². The summed E-state index contributed by atoms with van der Waals surface area (Å²) in [6, 6.07) is 21.3. The third-order valence-electron chi connectivity index (χ3n) is 5.47. The van der Waals surface area contributed by atoms with Crippen molar-refractivity contribution >= 4 is 24.7 Å². The Morgan fingerprint density at radius 3 is 2.10 bits per heavy atom. The molecule has 160 valence electrons. The molecule has 1 saturated heterocycles. The zero-order valence-electron chi connectivity index (χ0n) is 18.3. The molecule has 1 fully saturated rings. The van der Waals surface area contributed by atoms with Crippen molar-refractivity contribution in [2.24, 2.45) is 0 Å². The van der Waals surface area contributed by atoms with Gasteiger partial charge in [0.1, 0.15) is 12.7 Å². The summed E-state index contributed by atoms with van der Waals surface area (Å²) < 4.78 is 17.5. The normalized spacial score (nSPS) is 19.1. The van der Waals surface area contributed by atoms with Gasteiger partial charge >= 0.3 is 5.97 Å². The summed E-state index contributed by atoms with van der Waals surface area (Å²) in [7, 11) is -2.49. The van der Waals surface area contributed by atoms with Crippen LogP contribution in [0.3, 0.4) is 0 Å². The first-order chi connectivity index (χ1) is 14.3. The molecule has 1 heterocycles. The standard InChI is InChI=1S/C25H32O4Si/c1-20(26)27-18-11-16-23-24(29-23)17-19-28-30(25(2,3)4,21-12-7-5-8-13-21)22-14-9-6-10-15-22/h5-16,23-24H,17-19H2,1-4H3/b16-11-. The van der Waals surface area contributed by atoms with Crippen LogP contribution in [0.4, 0.5) is 0 Å². The molecule has 0 bridgehead atoms. The van der Waals surface area contributed by atoms with E-state index in [0.717, 1.165) is 6.42 Å². The highest BCUT2D eigenvalue weighted by Gasteiger charge is 2.50. The van der Waals surface area contributed by atoms with Gasteiger partial charge in [0, 0.05) is 13.5 Å². The molecule has 2 aromatic carbocycles. The highest BCUT2D eigenvalue weighted by molar-refractivity contribution is 6.99. The largest absolute Gasteiger partial charge is 0.462 e. The van der Waals surface area contributed by atoms with Gasteiger partial charge in [-0.15, -0.1) is 0 Å². The Morgan fingerprint density at radius 1 is 1.03 bits per heavy atom. The van der Waals surface area contributed by atoms with E-state index in [9.17, 15) is 4.79 Å². The number of esters is 1. The molecule has 0 radical (unpaired) electrons. The molecule has 2 unspecified atom stereocenters. The number of hydrogen-bond acceptors (Lipinski definition) is 4. The predicted molar refractivity (Wildman–Crippen MR) is 123 cm³/mol. The zero-order chi connectivity index (χ0) is 21.6. The fourth-order valence-corrected chi connectivity index (χ4v) is 8.58. The summed E-state index contributed by atoms with van der Waals surface area (Å²) in [5.41, 5.74) is 0. The second kappa shape index (κ2) is 9.73. The molecule has 5 heteroatoms. The number of epoxide rings is 1. The molecule has 3 rings (SSSR count). The smallest absolute Gasteiger partial charge is 0.302 e. The predicted octanol–water partition coefficient (Wildman–Crippen LogP) is 3.84. The number of carbonyl (C=O) groups is 1. The Hall–Kier alpha value is -2.21. The molecule has 0 spiro atoms. The van der Waals surface area contributed by atoms with Crippen molar-refractivity contribution in [3.8, 4) is 0 Å². The van der Waals surface area contributed by atoms with Crippen LogP contribution < -0.4 is 10.4 Å². The van der Waals surface area contributed by atoms with Gasteiger partial charge in [0.25, 0.3) is 8.32 Å². The molecular weight excluding hydrogens is 392 g/mol. The molecular formula is C25H32O4Si. The third kappa shape index (κ3) is 5.28. The van der Waals surface area contributed by atoms with Gasteiger partial charge in [-0.1, -0.05) is 87.5 Å². The highest BCUT2D eigenvalue weighted by Crippen LogP contribution is 2.37. The van der Waals surface area contributed by atoms with Gasteiger partial charge in [-0.05, 0) is 27.9 Å². The van der Waals surface area contributed by atoms with E-state index in [2.05, 4.69) is 81.4 Å². The van der Waals surface area contributed by atoms with E-state index >= 15 is 0 Å². The van der Waals surface area contributed by atoms with E-state index in [4.69, 9.17) is 13.9 Å². The zero-order valence-corrected chi connectivity index (χ0v) is 19.3. The van der Waals surface area contributed by atoms with Crippen LogP contribution in [0.5, 0.6) is 0 Å². The van der Waals surface area contributed by atoms with Crippen molar-refractivity contribution in [1.29, 1.82) is 0 Å². The second-order valence-corrected chi connectivity index (χ2v) is 13.0. The van der Waals surface area contributed by atoms with E-state index in [1.165, 1.54) is 17.3 Å². The summed E-state index contributed by atoms with van der Waals surface area (Å²) in [6.07, 6.45) is 4.90. The van der Waals surface area contributed by atoms with E-state index in [-0.39, 0.29) is 23.2 Å². The van der Waals surface area contributed by atoms with Crippen molar-refractivity contribution in [1.82, 2.24) is 0 Å². The van der Waals surface area contributed by atoms with Crippen LogP contribution in [0.2, 0.25) is 5.04 Å². The lowest BCUT2D eigenvalue weighted by Gasteiger charge is -2.43. The summed E-state index contributed by atoms with van der Waals surface area (Å²) in [6.45, 7) is 9.20. The van der Waals surface area contributed by atoms with Crippen molar-refractivity contribution in [2.75, 3.05) is 13.2 Å². The number of rotatable bonds is 9. The fourth-order valence-electron chi connectivity index (χ4n) is 4.00. The van der Waals surface area contributed by atoms with E-state index < -0.39 is 8.32 Å². The number of ether oxygens (including phenoxy) is 2. The molecule has 4 nitrogen and oxygen atoms in total. The first-order valence-corrected chi connectivity index (χ1v) is 12.5. The van der Waals surface area contributed by atoms with Gasteiger partial charge in [0.05, 0.1) is 6.10 Å². The quantitative estimate of drug-likeness (QED) is 0.266. The van der Waals surface area contributed by atoms with Crippen molar-refractivity contribution < 1.29 is 18.7 Å². The van der Waals surface area contributed by atoms with E-state index in [0.29, 0.717) is 13.2 Å². The average molecular weight is 425 g/mol. The fraction of sp³-hybridized carbons (Fsp3) is 0.400. The van der Waals surface area contributed by atoms with E-state index in [1.807, 2.05) is 12.2 Å². The Bertz CT molecular complexity index is 803. The minimum absolute atomic E-state index is 0.0244. The minimum Gasteiger partial charge on any atom is -0.462 e. The lowest BCUT2D eigenvalue weighted by atomic mass is 10.2. The highest BCUT2D eigenvalue weighted by atomic mass is 28.4. The monoisotopic (exact) mass is 424 g/mol. The molecule has 2 aromatic rings. The van der Waals surface area contributed by atoms with Crippen LogP contribution in [-0.2, 0) is 18.7 Å². The average Bonchev–Trinajstić information content (AvgIpc) is 3.47. The van der Waals surface area contributed by atoms with Gasteiger partial charge in [-0.2, -0.15) is 0 Å². The van der Waals surface area contributed by atoms with Gasteiger partial charge in [-0.3, -0.25) is 4.79 Å². The Kier molecular flexibility index (Phi) is 7.29. The molecule has 30 heavy (non-hydrogen) atoms. The number of hydrogen-bond donors (Lipinski definition) is 0. The van der Waals surface area contributed by atoms with Gasteiger partial charge < -0.3 is 13.9 Å². The molecule has 0 N–H and O–H groups in total. The SMILES string of the molecule is CC(=O)OC/C=C\C1OC1CCO[Si](c1ccccc1)(c1ccccc1)C(C)(C)C. The van der Waals surface area contributed by atoms with Gasteiger partial charge in [0.2, 0.25) is 0 Å². The number of benzene rings is 2. The Labute approximate surface area is 181 Å². The second-order valence-electron chi connectivity index (χ2n) is 8.67.